The molecule has 3 aromatic rings. The average Bonchev–Trinajstić information content (AvgIpc) is 3.30. The average molecular weight is 582 g/mol. The van der Waals surface area contributed by atoms with Crippen molar-refractivity contribution in [2.75, 3.05) is 56.2 Å². The summed E-state index contributed by atoms with van der Waals surface area (Å²) in [5.41, 5.74) is 2.96. The highest BCUT2D eigenvalue weighted by Crippen LogP contribution is 2.36. The van der Waals surface area contributed by atoms with Crippen LogP contribution < -0.4 is 14.5 Å². The van der Waals surface area contributed by atoms with E-state index >= 15 is 0 Å². The van der Waals surface area contributed by atoms with Gasteiger partial charge in [0.25, 0.3) is 0 Å². The molecular weight excluding hydrogens is 542 g/mol. The number of phenols is 1. The molecule has 1 aromatic heterocycles. The molecule has 2 atom stereocenters. The molecule has 2 fully saturated rings. The van der Waals surface area contributed by atoms with Crippen LogP contribution in [-0.4, -0.2) is 89.2 Å². The Kier molecular flexibility index (Phi) is 8.34. The van der Waals surface area contributed by atoms with Crippen LogP contribution in [0.25, 0.3) is 10.8 Å². The summed E-state index contributed by atoms with van der Waals surface area (Å²) >= 11 is 0. The Hall–Kier alpha value is -4.36. The predicted molar refractivity (Wildman–Crippen MR) is 166 cm³/mol. The molecule has 0 unspecified atom stereocenters. The number of carbonyl (C=O) groups is 1. The fraction of sp³-hybridized carbons (Fsp3) is 0.455. The zero-order valence-electron chi connectivity index (χ0n) is 24.8. The van der Waals surface area contributed by atoms with Gasteiger partial charge < -0.3 is 29.4 Å². The SMILES string of the molecule is C=CC(=O)N1CCN(c2nc(OC[C@H]3CCCN3C)nc3c2CCCN(c2cc(O)cc4ccccc24)C3)C[C@@H]1CC#N. The van der Waals surface area contributed by atoms with E-state index in [9.17, 15) is 15.2 Å². The van der Waals surface area contributed by atoms with Crippen LogP contribution in [0.15, 0.2) is 49.1 Å². The molecule has 10 nitrogen and oxygen atoms in total. The number of amides is 1. The largest absolute Gasteiger partial charge is 0.508 e. The minimum absolute atomic E-state index is 0.153. The van der Waals surface area contributed by atoms with Crippen molar-refractivity contribution in [3.05, 3.63) is 60.3 Å². The number of fused-ring (bicyclic) bond motifs is 2. The van der Waals surface area contributed by atoms with Gasteiger partial charge in [-0.3, -0.25) is 4.79 Å². The molecular formula is C33H39N7O3. The lowest BCUT2D eigenvalue weighted by Crippen LogP contribution is -2.55. The number of anilines is 2. The van der Waals surface area contributed by atoms with Crippen LogP contribution in [0.5, 0.6) is 11.8 Å². The second-order valence-corrected chi connectivity index (χ2v) is 11.8. The van der Waals surface area contributed by atoms with Gasteiger partial charge in [0.1, 0.15) is 18.2 Å². The first-order valence-corrected chi connectivity index (χ1v) is 15.2. The highest BCUT2D eigenvalue weighted by atomic mass is 16.5. The molecule has 2 saturated heterocycles. The minimum atomic E-state index is -0.257. The van der Waals surface area contributed by atoms with Gasteiger partial charge in [0, 0.05) is 54.9 Å². The number of piperazine rings is 1. The molecule has 0 bridgehead atoms. The van der Waals surface area contributed by atoms with E-state index < -0.39 is 0 Å². The molecule has 0 spiro atoms. The van der Waals surface area contributed by atoms with Crippen LogP contribution in [0, 0.1) is 11.3 Å². The Morgan fingerprint density at radius 3 is 2.79 bits per heavy atom. The second kappa shape index (κ2) is 12.5. The van der Waals surface area contributed by atoms with Crippen molar-refractivity contribution in [2.45, 2.75) is 50.7 Å². The van der Waals surface area contributed by atoms with Crippen molar-refractivity contribution < 1.29 is 14.6 Å². The van der Waals surface area contributed by atoms with Crippen molar-refractivity contribution in [1.82, 2.24) is 19.8 Å². The molecule has 0 saturated carbocycles. The molecule has 43 heavy (non-hydrogen) atoms. The number of hydrogen-bond donors (Lipinski definition) is 1. The van der Waals surface area contributed by atoms with Gasteiger partial charge in [-0.25, -0.2) is 0 Å². The van der Waals surface area contributed by atoms with E-state index in [4.69, 9.17) is 14.7 Å². The number of aromatic nitrogens is 2. The van der Waals surface area contributed by atoms with Gasteiger partial charge in [-0.15, -0.1) is 0 Å². The van der Waals surface area contributed by atoms with E-state index in [1.165, 1.54) is 6.08 Å². The van der Waals surface area contributed by atoms with Crippen molar-refractivity contribution in [3.8, 4) is 17.8 Å². The summed E-state index contributed by atoms with van der Waals surface area (Å²) in [6, 6.07) is 14.4. The lowest BCUT2D eigenvalue weighted by Gasteiger charge is -2.41. The van der Waals surface area contributed by atoms with Crippen LogP contribution in [-0.2, 0) is 17.8 Å². The van der Waals surface area contributed by atoms with Crippen LogP contribution in [0.2, 0.25) is 0 Å². The van der Waals surface area contributed by atoms with Gasteiger partial charge in [0.2, 0.25) is 5.91 Å². The molecule has 224 valence electrons. The standard InChI is InChI=1S/C33H39N7O3/c1-3-31(42)40-17-16-39(20-24(40)12-13-34)32-28-11-7-15-38(30-19-26(41)18-23-8-4-5-10-27(23)30)21-29(28)35-33(36-32)43-22-25-9-6-14-37(25)2/h3-5,8,10,18-19,24-25,41H,1,6-7,9,11-12,14-17,20-22H2,2H3/t24-,25+/m0/s1. The number of likely N-dealkylation sites (tertiary alicyclic amines) is 1. The number of ether oxygens (including phenoxy) is 1. The first kappa shape index (κ1) is 28.7. The smallest absolute Gasteiger partial charge is 0.318 e. The fourth-order valence-electron chi connectivity index (χ4n) is 6.75. The molecule has 4 heterocycles. The number of benzene rings is 2. The number of aromatic hydroxyl groups is 1. The van der Waals surface area contributed by atoms with Crippen molar-refractivity contribution >= 4 is 28.2 Å². The molecule has 3 aliphatic rings. The lowest BCUT2D eigenvalue weighted by molar-refractivity contribution is -0.128. The van der Waals surface area contributed by atoms with Crippen molar-refractivity contribution in [3.63, 3.8) is 0 Å². The topological polar surface area (TPSA) is 109 Å². The maximum atomic E-state index is 12.6. The van der Waals surface area contributed by atoms with Crippen molar-refractivity contribution in [1.29, 1.82) is 5.26 Å². The summed E-state index contributed by atoms with van der Waals surface area (Å²) < 4.78 is 6.30. The number of nitriles is 1. The third-order valence-electron chi connectivity index (χ3n) is 9.05. The van der Waals surface area contributed by atoms with Gasteiger partial charge in [-0.2, -0.15) is 15.2 Å². The molecule has 0 aliphatic carbocycles. The van der Waals surface area contributed by atoms with Crippen LogP contribution in [0.4, 0.5) is 11.5 Å². The fourth-order valence-corrected chi connectivity index (χ4v) is 6.75. The maximum Gasteiger partial charge on any atom is 0.318 e. The number of rotatable bonds is 7. The molecule has 0 radical (unpaired) electrons. The second-order valence-electron chi connectivity index (χ2n) is 11.8. The van der Waals surface area contributed by atoms with E-state index in [1.54, 1.807) is 11.0 Å². The van der Waals surface area contributed by atoms with Crippen LogP contribution in [0.3, 0.4) is 0 Å². The Balaban J connectivity index is 1.36. The van der Waals surface area contributed by atoms with Gasteiger partial charge >= 0.3 is 6.01 Å². The Labute approximate surface area is 252 Å². The number of phenolic OH excluding ortho intramolecular Hbond substituents is 1. The van der Waals surface area contributed by atoms with E-state index in [0.29, 0.717) is 44.8 Å². The van der Waals surface area contributed by atoms with Gasteiger partial charge in [0.05, 0.1) is 30.8 Å². The summed E-state index contributed by atoms with van der Waals surface area (Å²) in [5, 5.41) is 22.2. The first-order chi connectivity index (χ1) is 20.9. The van der Waals surface area contributed by atoms with Gasteiger partial charge in [-0.1, -0.05) is 30.8 Å². The zero-order valence-corrected chi connectivity index (χ0v) is 24.8. The number of nitrogens with zero attached hydrogens (tertiary/aromatic N) is 7. The monoisotopic (exact) mass is 581 g/mol. The Bertz CT molecular complexity index is 1550. The predicted octanol–water partition coefficient (Wildman–Crippen LogP) is 3.88. The Morgan fingerprint density at radius 2 is 2.00 bits per heavy atom. The van der Waals surface area contributed by atoms with E-state index in [-0.39, 0.29) is 24.1 Å². The molecule has 1 N–H and O–H groups in total. The molecule has 10 heteroatoms. The first-order valence-electron chi connectivity index (χ1n) is 15.2. The van der Waals surface area contributed by atoms with Crippen LogP contribution in [0.1, 0.15) is 36.9 Å². The van der Waals surface area contributed by atoms with Crippen molar-refractivity contribution in [2.24, 2.45) is 0 Å². The highest BCUT2D eigenvalue weighted by molar-refractivity contribution is 5.95. The quantitative estimate of drug-likeness (QED) is 0.416. The summed E-state index contributed by atoms with van der Waals surface area (Å²) in [7, 11) is 2.13. The van der Waals surface area contributed by atoms with E-state index in [1.807, 2.05) is 24.3 Å². The summed E-state index contributed by atoms with van der Waals surface area (Å²) in [5.74, 6) is 0.915. The van der Waals surface area contributed by atoms with E-state index in [0.717, 1.165) is 72.3 Å². The summed E-state index contributed by atoms with van der Waals surface area (Å²) in [6.07, 6.45) is 5.47. The molecule has 2 aromatic carbocycles. The highest BCUT2D eigenvalue weighted by Gasteiger charge is 2.33. The van der Waals surface area contributed by atoms with E-state index in [2.05, 4.69) is 40.5 Å². The third kappa shape index (κ3) is 5.95. The molecule has 6 rings (SSSR count). The number of carbonyl (C=O) groups excluding carboxylic acids is 1. The normalized spacial score (nSPS) is 20.9. The zero-order chi connectivity index (χ0) is 29.9. The number of likely N-dealkylation sites (N-methyl/N-ethyl adjacent to an activating group) is 1. The van der Waals surface area contributed by atoms with Crippen LogP contribution >= 0.6 is 0 Å². The van der Waals surface area contributed by atoms with Gasteiger partial charge in [0.15, 0.2) is 0 Å². The minimum Gasteiger partial charge on any atom is -0.508 e. The number of hydrogen-bond acceptors (Lipinski definition) is 9. The van der Waals surface area contributed by atoms with Gasteiger partial charge in [-0.05, 0) is 56.8 Å². The summed E-state index contributed by atoms with van der Waals surface area (Å²) in [4.78, 5) is 31.1. The molecule has 1 amide bonds. The summed E-state index contributed by atoms with van der Waals surface area (Å²) in [6.45, 7) is 8.17. The lowest BCUT2D eigenvalue weighted by atomic mass is 10.1. The Morgan fingerprint density at radius 1 is 1.14 bits per heavy atom. The molecule has 3 aliphatic heterocycles. The maximum absolute atomic E-state index is 12.6. The third-order valence-corrected chi connectivity index (χ3v) is 9.05.